The highest BCUT2D eigenvalue weighted by Crippen LogP contribution is 2.23. The summed E-state index contributed by atoms with van der Waals surface area (Å²) in [5.41, 5.74) is 4.63. The van der Waals surface area contributed by atoms with Crippen LogP contribution in [0.1, 0.15) is 39.9 Å². The number of amides is 2. The lowest BCUT2D eigenvalue weighted by Gasteiger charge is -2.29. The van der Waals surface area contributed by atoms with Gasteiger partial charge >= 0.3 is 0 Å². The summed E-state index contributed by atoms with van der Waals surface area (Å²) in [6, 6.07) is 13.7. The van der Waals surface area contributed by atoms with E-state index in [0.717, 1.165) is 31.4 Å². The van der Waals surface area contributed by atoms with Crippen LogP contribution in [-0.4, -0.2) is 49.2 Å². The molecule has 1 unspecified atom stereocenters. The fraction of sp³-hybridized carbons (Fsp3) is 0.417. The smallest absolute Gasteiger partial charge is 0.254 e. The van der Waals surface area contributed by atoms with Crippen LogP contribution in [0.25, 0.3) is 0 Å². The average Bonchev–Trinajstić information content (AvgIpc) is 3.28. The van der Waals surface area contributed by atoms with Gasteiger partial charge in [0, 0.05) is 30.9 Å². The Hall–Kier alpha value is -2.70. The predicted octanol–water partition coefficient (Wildman–Crippen LogP) is 3.33. The van der Waals surface area contributed by atoms with E-state index in [2.05, 4.69) is 17.4 Å². The molecule has 1 N–H and O–H groups in total. The molecule has 0 aromatic heterocycles. The number of fused-ring (bicyclic) bond motifs is 1. The molecule has 0 aliphatic carbocycles. The minimum atomic E-state index is -0.229. The lowest BCUT2D eigenvalue weighted by Crippen LogP contribution is -2.36. The highest BCUT2D eigenvalue weighted by atomic mass is 16.5. The number of rotatable bonds is 6. The maximum absolute atomic E-state index is 13.1. The summed E-state index contributed by atoms with van der Waals surface area (Å²) < 4.78 is 11.0. The Labute approximate surface area is 177 Å². The van der Waals surface area contributed by atoms with Gasteiger partial charge in [0.1, 0.15) is 6.61 Å². The lowest BCUT2D eigenvalue weighted by molar-refractivity contribution is -0.121. The second kappa shape index (κ2) is 9.41. The maximum Gasteiger partial charge on any atom is 0.254 e. The van der Waals surface area contributed by atoms with Gasteiger partial charge in [-0.25, -0.2) is 0 Å². The molecule has 2 aromatic carbocycles. The van der Waals surface area contributed by atoms with E-state index in [1.165, 1.54) is 11.1 Å². The lowest BCUT2D eigenvalue weighted by atomic mass is 9.99. The molecule has 2 aromatic rings. The van der Waals surface area contributed by atoms with Gasteiger partial charge in [-0.15, -0.1) is 0 Å². The van der Waals surface area contributed by atoms with Crippen molar-refractivity contribution in [2.24, 2.45) is 0 Å². The summed E-state index contributed by atoms with van der Waals surface area (Å²) in [6.07, 6.45) is 2.98. The quantitative estimate of drug-likeness (QED) is 0.796. The van der Waals surface area contributed by atoms with Crippen LogP contribution >= 0.6 is 0 Å². The highest BCUT2D eigenvalue weighted by Gasteiger charge is 2.22. The van der Waals surface area contributed by atoms with Crippen molar-refractivity contribution >= 4 is 17.5 Å². The third-order valence-electron chi connectivity index (χ3n) is 5.74. The van der Waals surface area contributed by atoms with Crippen LogP contribution in [0.15, 0.2) is 42.5 Å². The van der Waals surface area contributed by atoms with Gasteiger partial charge in [-0.1, -0.05) is 30.3 Å². The number of carbonyl (C=O) groups is 2. The van der Waals surface area contributed by atoms with Gasteiger partial charge < -0.3 is 19.7 Å². The number of nitrogens with zero attached hydrogens (tertiary/aromatic N) is 1. The Kier molecular flexibility index (Phi) is 6.45. The Bertz CT molecular complexity index is 921. The van der Waals surface area contributed by atoms with E-state index in [4.69, 9.17) is 9.47 Å². The van der Waals surface area contributed by atoms with Gasteiger partial charge in [0.15, 0.2) is 0 Å². The zero-order chi connectivity index (χ0) is 20.9. The van der Waals surface area contributed by atoms with E-state index >= 15 is 0 Å². The number of nitrogens with one attached hydrogen (secondary N) is 1. The molecule has 0 radical (unpaired) electrons. The van der Waals surface area contributed by atoms with Crippen molar-refractivity contribution in [3.8, 4) is 0 Å². The molecule has 1 saturated heterocycles. The second-order valence-corrected chi connectivity index (χ2v) is 7.97. The Morgan fingerprint density at radius 1 is 1.20 bits per heavy atom. The summed E-state index contributed by atoms with van der Waals surface area (Å²) in [6.45, 7) is 4.39. The van der Waals surface area contributed by atoms with Gasteiger partial charge in [0.25, 0.3) is 5.91 Å². The molecular weight excluding hydrogens is 380 g/mol. The number of anilines is 1. The predicted molar refractivity (Wildman–Crippen MR) is 114 cm³/mol. The number of hydrogen-bond acceptors (Lipinski definition) is 4. The highest BCUT2D eigenvalue weighted by molar-refractivity contribution is 5.98. The average molecular weight is 408 g/mol. The van der Waals surface area contributed by atoms with Crippen LogP contribution in [0.2, 0.25) is 0 Å². The maximum atomic E-state index is 13.1. The minimum absolute atomic E-state index is 0.0189. The van der Waals surface area contributed by atoms with Gasteiger partial charge in [0.2, 0.25) is 5.91 Å². The standard InChI is InChI=1S/C24H28N2O4/c1-17-8-9-19(24(28)26-11-10-18-5-2-3-6-20(18)14-26)13-22(17)25-23(27)16-29-15-21-7-4-12-30-21/h2-3,5-6,8-9,13,21H,4,7,10-12,14-16H2,1H3,(H,25,27). The molecule has 2 heterocycles. The molecule has 0 saturated carbocycles. The fourth-order valence-corrected chi connectivity index (χ4v) is 3.99. The van der Waals surface area contributed by atoms with Crippen LogP contribution < -0.4 is 5.32 Å². The number of hydrogen-bond donors (Lipinski definition) is 1. The van der Waals surface area contributed by atoms with Crippen LogP contribution in [-0.2, 0) is 27.2 Å². The van der Waals surface area contributed by atoms with Crippen molar-refractivity contribution in [1.29, 1.82) is 0 Å². The molecule has 1 fully saturated rings. The molecular formula is C24H28N2O4. The number of ether oxygens (including phenoxy) is 2. The van der Waals surface area contributed by atoms with Crippen LogP contribution in [0.3, 0.4) is 0 Å². The molecule has 6 heteroatoms. The third-order valence-corrected chi connectivity index (χ3v) is 5.74. The van der Waals surface area contributed by atoms with Gasteiger partial charge in [0.05, 0.1) is 12.7 Å². The first-order valence-electron chi connectivity index (χ1n) is 10.6. The Morgan fingerprint density at radius 2 is 2.03 bits per heavy atom. The zero-order valence-electron chi connectivity index (χ0n) is 17.4. The van der Waals surface area contributed by atoms with E-state index in [0.29, 0.717) is 30.9 Å². The number of carbonyl (C=O) groups excluding carboxylic acids is 2. The fourth-order valence-electron chi connectivity index (χ4n) is 3.99. The van der Waals surface area contributed by atoms with Gasteiger partial charge in [-0.2, -0.15) is 0 Å². The molecule has 0 spiro atoms. The van der Waals surface area contributed by atoms with E-state index in [9.17, 15) is 9.59 Å². The van der Waals surface area contributed by atoms with Crippen molar-refractivity contribution in [3.63, 3.8) is 0 Å². The third kappa shape index (κ3) is 4.89. The summed E-state index contributed by atoms with van der Waals surface area (Å²) in [5.74, 6) is -0.248. The Morgan fingerprint density at radius 3 is 2.83 bits per heavy atom. The van der Waals surface area contributed by atoms with Gasteiger partial charge in [-0.3, -0.25) is 9.59 Å². The molecule has 6 nitrogen and oxygen atoms in total. The first-order chi connectivity index (χ1) is 14.6. The number of aryl methyl sites for hydroxylation is 1. The monoisotopic (exact) mass is 408 g/mol. The van der Waals surface area contributed by atoms with E-state index in [1.807, 2.05) is 36.1 Å². The molecule has 2 amide bonds. The Balaban J connectivity index is 1.36. The molecule has 0 bridgehead atoms. The minimum Gasteiger partial charge on any atom is -0.376 e. The van der Waals surface area contributed by atoms with Crippen molar-refractivity contribution in [3.05, 3.63) is 64.7 Å². The van der Waals surface area contributed by atoms with Crippen molar-refractivity contribution < 1.29 is 19.1 Å². The largest absolute Gasteiger partial charge is 0.376 e. The molecule has 1 atom stereocenters. The summed E-state index contributed by atoms with van der Waals surface area (Å²) in [5, 5.41) is 2.87. The van der Waals surface area contributed by atoms with Crippen LogP contribution in [0.4, 0.5) is 5.69 Å². The zero-order valence-corrected chi connectivity index (χ0v) is 17.4. The van der Waals surface area contributed by atoms with E-state index in [1.54, 1.807) is 6.07 Å². The van der Waals surface area contributed by atoms with E-state index < -0.39 is 0 Å². The summed E-state index contributed by atoms with van der Waals surface area (Å²) in [7, 11) is 0. The molecule has 158 valence electrons. The SMILES string of the molecule is Cc1ccc(C(=O)N2CCc3ccccc3C2)cc1NC(=O)COCC1CCCO1. The molecule has 2 aliphatic rings. The summed E-state index contributed by atoms with van der Waals surface area (Å²) in [4.78, 5) is 27.2. The van der Waals surface area contributed by atoms with Crippen molar-refractivity contribution in [1.82, 2.24) is 4.90 Å². The van der Waals surface area contributed by atoms with E-state index in [-0.39, 0.29) is 24.5 Å². The van der Waals surface area contributed by atoms with Crippen molar-refractivity contribution in [2.75, 3.05) is 31.7 Å². The van der Waals surface area contributed by atoms with Crippen molar-refractivity contribution in [2.45, 2.75) is 38.8 Å². The normalized spacial score (nSPS) is 18.2. The number of benzene rings is 2. The first kappa shape index (κ1) is 20.6. The second-order valence-electron chi connectivity index (χ2n) is 7.97. The van der Waals surface area contributed by atoms with Gasteiger partial charge in [-0.05, 0) is 55.0 Å². The van der Waals surface area contributed by atoms with Crippen LogP contribution in [0.5, 0.6) is 0 Å². The molecule has 2 aliphatic heterocycles. The first-order valence-corrected chi connectivity index (χ1v) is 10.6. The topological polar surface area (TPSA) is 67.9 Å². The van der Waals surface area contributed by atoms with Crippen LogP contribution in [0, 0.1) is 6.92 Å². The summed E-state index contributed by atoms with van der Waals surface area (Å²) >= 11 is 0. The molecule has 30 heavy (non-hydrogen) atoms. The molecule has 4 rings (SSSR count).